The Labute approximate surface area is 152 Å². The highest BCUT2D eigenvalue weighted by Gasteiger charge is 2.23. The zero-order chi connectivity index (χ0) is 17.6. The van der Waals surface area contributed by atoms with Gasteiger partial charge in [0.25, 0.3) is 0 Å². The smallest absolute Gasteiger partial charge is 0.226 e. The van der Waals surface area contributed by atoms with Crippen LogP contribution in [0.3, 0.4) is 0 Å². The van der Waals surface area contributed by atoms with Crippen molar-refractivity contribution >= 4 is 22.4 Å². The van der Waals surface area contributed by atoms with E-state index in [-0.39, 0.29) is 11.8 Å². The molecule has 1 unspecified atom stereocenters. The van der Waals surface area contributed by atoms with E-state index in [4.69, 9.17) is 4.74 Å². The summed E-state index contributed by atoms with van der Waals surface area (Å²) in [5, 5.41) is 12.8. The topological polar surface area (TPSA) is 64.1 Å². The maximum Gasteiger partial charge on any atom is 0.226 e. The van der Waals surface area contributed by atoms with Crippen molar-refractivity contribution in [3.8, 4) is 5.75 Å². The van der Waals surface area contributed by atoms with Crippen LogP contribution in [-0.4, -0.2) is 23.2 Å². The number of carbonyl (C=O) groups is 1. The van der Waals surface area contributed by atoms with Gasteiger partial charge in [-0.25, -0.2) is 0 Å². The van der Waals surface area contributed by atoms with Crippen LogP contribution in [0.2, 0.25) is 0 Å². The summed E-state index contributed by atoms with van der Waals surface area (Å²) < 4.78 is 5.31. The lowest BCUT2D eigenvalue weighted by atomic mass is 9.81. The van der Waals surface area contributed by atoms with Crippen LogP contribution in [0.5, 0.6) is 5.75 Å². The van der Waals surface area contributed by atoms with E-state index in [2.05, 4.69) is 34.6 Å². The third-order valence-corrected chi connectivity index (χ3v) is 5.58. The van der Waals surface area contributed by atoms with Gasteiger partial charge in [-0.05, 0) is 54.9 Å². The first-order valence-corrected chi connectivity index (χ1v) is 9.80. The van der Waals surface area contributed by atoms with Gasteiger partial charge in [-0.3, -0.25) is 4.79 Å². The molecule has 1 heterocycles. The lowest BCUT2D eigenvalue weighted by Gasteiger charge is -2.25. The van der Waals surface area contributed by atoms with Crippen LogP contribution in [0.4, 0.5) is 5.13 Å². The van der Waals surface area contributed by atoms with E-state index in [1.54, 1.807) is 7.11 Å². The van der Waals surface area contributed by atoms with Crippen LogP contribution in [0, 0.1) is 0 Å². The molecule has 1 aliphatic carbocycles. The molecule has 1 N–H and O–H groups in total. The fraction of sp³-hybridized carbons (Fsp3) is 0.526. The van der Waals surface area contributed by atoms with Gasteiger partial charge in [-0.2, -0.15) is 0 Å². The summed E-state index contributed by atoms with van der Waals surface area (Å²) in [4.78, 5) is 12.4. The number of aryl methyl sites for hydroxylation is 2. The van der Waals surface area contributed by atoms with Gasteiger partial charge < -0.3 is 10.1 Å². The van der Waals surface area contributed by atoms with Crippen LogP contribution in [-0.2, 0) is 17.6 Å². The first-order chi connectivity index (χ1) is 12.2. The molecular weight excluding hydrogens is 334 g/mol. The predicted molar refractivity (Wildman–Crippen MR) is 100 cm³/mol. The number of rotatable bonds is 7. The summed E-state index contributed by atoms with van der Waals surface area (Å²) in [6, 6.07) is 6.20. The summed E-state index contributed by atoms with van der Waals surface area (Å²) in [6.07, 6.45) is 6.87. The summed E-state index contributed by atoms with van der Waals surface area (Å²) >= 11 is 1.48. The number of unbranched alkanes of at least 4 members (excludes halogenated alkanes) is 1. The Kier molecular flexibility index (Phi) is 6.02. The van der Waals surface area contributed by atoms with Crippen LogP contribution in [0.15, 0.2) is 18.2 Å². The van der Waals surface area contributed by atoms with Crippen molar-refractivity contribution in [3.05, 3.63) is 34.3 Å². The molecule has 5 nitrogen and oxygen atoms in total. The van der Waals surface area contributed by atoms with Crippen molar-refractivity contribution in [1.82, 2.24) is 10.2 Å². The Morgan fingerprint density at radius 1 is 1.40 bits per heavy atom. The molecule has 0 radical (unpaired) electrons. The lowest BCUT2D eigenvalue weighted by Crippen LogP contribution is -2.18. The van der Waals surface area contributed by atoms with Crippen molar-refractivity contribution in [2.24, 2.45) is 0 Å². The molecular formula is C19H25N3O2S. The maximum absolute atomic E-state index is 12.4. The van der Waals surface area contributed by atoms with Gasteiger partial charge in [-0.1, -0.05) is 30.7 Å². The third-order valence-electron chi connectivity index (χ3n) is 4.68. The molecule has 1 aliphatic rings. The lowest BCUT2D eigenvalue weighted by molar-refractivity contribution is -0.116. The van der Waals surface area contributed by atoms with Crippen molar-refractivity contribution in [1.29, 1.82) is 0 Å². The van der Waals surface area contributed by atoms with Gasteiger partial charge in [0.05, 0.1) is 7.11 Å². The number of ether oxygens (including phenoxy) is 1. The number of benzene rings is 1. The van der Waals surface area contributed by atoms with Gasteiger partial charge in [0.2, 0.25) is 11.0 Å². The minimum atomic E-state index is 0.0202. The van der Waals surface area contributed by atoms with E-state index in [0.29, 0.717) is 11.6 Å². The van der Waals surface area contributed by atoms with E-state index >= 15 is 0 Å². The van der Waals surface area contributed by atoms with Crippen molar-refractivity contribution in [2.75, 3.05) is 12.4 Å². The second-order valence-electron chi connectivity index (χ2n) is 6.51. The minimum absolute atomic E-state index is 0.0202. The number of amides is 1. The predicted octanol–water partition coefficient (Wildman–Crippen LogP) is 4.34. The average molecular weight is 359 g/mol. The third kappa shape index (κ3) is 4.57. The Bertz CT molecular complexity index is 729. The normalized spacial score (nSPS) is 16.3. The number of fused-ring (bicyclic) bond motifs is 1. The fourth-order valence-electron chi connectivity index (χ4n) is 3.36. The molecule has 25 heavy (non-hydrogen) atoms. The van der Waals surface area contributed by atoms with Crippen molar-refractivity contribution in [2.45, 2.75) is 57.8 Å². The quantitative estimate of drug-likeness (QED) is 0.799. The Morgan fingerprint density at radius 3 is 3.08 bits per heavy atom. The van der Waals surface area contributed by atoms with E-state index in [1.807, 2.05) is 6.07 Å². The van der Waals surface area contributed by atoms with Crippen LogP contribution in [0.25, 0.3) is 0 Å². The maximum atomic E-state index is 12.4. The second-order valence-corrected chi connectivity index (χ2v) is 7.57. The number of nitrogens with one attached hydrogen (secondary N) is 1. The molecule has 1 atom stereocenters. The molecule has 134 valence electrons. The van der Waals surface area contributed by atoms with Gasteiger partial charge in [0.1, 0.15) is 10.8 Å². The fourth-order valence-corrected chi connectivity index (χ4v) is 4.16. The molecule has 1 aromatic carbocycles. The number of nitrogens with zero attached hydrogens (tertiary/aromatic N) is 2. The van der Waals surface area contributed by atoms with E-state index < -0.39 is 0 Å². The standard InChI is InChI=1S/C19H25N3O2S/c1-3-4-8-18-21-22-19(25-18)20-17(23)12-14-7-5-6-13-11-15(24-2)9-10-16(13)14/h9-11,14H,3-8,12H2,1-2H3,(H,20,22,23). The molecule has 3 rings (SSSR count). The monoisotopic (exact) mass is 359 g/mol. The summed E-state index contributed by atoms with van der Waals surface area (Å²) in [5.74, 6) is 1.17. The number of carbonyl (C=O) groups excluding carboxylic acids is 1. The first-order valence-electron chi connectivity index (χ1n) is 8.98. The Hall–Kier alpha value is -1.95. The van der Waals surface area contributed by atoms with Crippen LogP contribution >= 0.6 is 11.3 Å². The van der Waals surface area contributed by atoms with Gasteiger partial charge >= 0.3 is 0 Å². The second kappa shape index (κ2) is 8.43. The summed E-state index contributed by atoms with van der Waals surface area (Å²) in [7, 11) is 1.69. The molecule has 6 heteroatoms. The number of hydrogen-bond acceptors (Lipinski definition) is 5. The van der Waals surface area contributed by atoms with Crippen molar-refractivity contribution < 1.29 is 9.53 Å². The molecule has 0 aliphatic heterocycles. The first kappa shape index (κ1) is 17.9. The number of methoxy groups -OCH3 is 1. The number of hydrogen-bond donors (Lipinski definition) is 1. The average Bonchev–Trinajstić information content (AvgIpc) is 3.06. The number of anilines is 1. The van der Waals surface area contributed by atoms with E-state index in [1.165, 1.54) is 22.5 Å². The largest absolute Gasteiger partial charge is 0.497 e. The highest BCUT2D eigenvalue weighted by atomic mass is 32.1. The highest BCUT2D eigenvalue weighted by molar-refractivity contribution is 7.15. The molecule has 0 bridgehead atoms. The zero-order valence-corrected chi connectivity index (χ0v) is 15.7. The Morgan fingerprint density at radius 2 is 2.28 bits per heavy atom. The Balaban J connectivity index is 1.61. The van der Waals surface area contributed by atoms with Crippen LogP contribution in [0.1, 0.15) is 61.1 Å². The molecule has 0 saturated carbocycles. The SMILES string of the molecule is CCCCc1nnc(NC(=O)CC2CCCc3cc(OC)ccc32)s1. The van der Waals surface area contributed by atoms with Crippen molar-refractivity contribution in [3.63, 3.8) is 0 Å². The minimum Gasteiger partial charge on any atom is -0.497 e. The molecule has 0 saturated heterocycles. The molecule has 0 fully saturated rings. The summed E-state index contributed by atoms with van der Waals surface area (Å²) in [6.45, 7) is 2.15. The van der Waals surface area contributed by atoms with E-state index in [0.717, 1.165) is 49.3 Å². The molecule has 1 aromatic heterocycles. The molecule has 2 aromatic rings. The van der Waals surface area contributed by atoms with Crippen LogP contribution < -0.4 is 10.1 Å². The number of aromatic nitrogens is 2. The van der Waals surface area contributed by atoms with Gasteiger partial charge in [-0.15, -0.1) is 10.2 Å². The summed E-state index contributed by atoms with van der Waals surface area (Å²) in [5.41, 5.74) is 2.59. The van der Waals surface area contributed by atoms with E-state index in [9.17, 15) is 4.79 Å². The van der Waals surface area contributed by atoms with Gasteiger partial charge in [0, 0.05) is 12.8 Å². The molecule has 1 amide bonds. The van der Waals surface area contributed by atoms with Gasteiger partial charge in [0.15, 0.2) is 0 Å². The highest BCUT2D eigenvalue weighted by Crippen LogP contribution is 2.36. The zero-order valence-electron chi connectivity index (χ0n) is 14.9. The molecule has 0 spiro atoms.